The number of ether oxygens (including phenoxy) is 1. The molecule has 0 aromatic heterocycles. The third-order valence-electron chi connectivity index (χ3n) is 1.64. The average Bonchev–Trinajstić information content (AvgIpc) is 1.95. The van der Waals surface area contributed by atoms with Crippen LogP contribution in [0.3, 0.4) is 0 Å². The van der Waals surface area contributed by atoms with Gasteiger partial charge in [0.15, 0.2) is 0 Å². The third-order valence-corrected chi connectivity index (χ3v) is 1.64. The molecule has 0 amide bonds. The minimum Gasteiger partial charge on any atom is -0.380 e. The summed E-state index contributed by atoms with van der Waals surface area (Å²) in [5.41, 5.74) is 0. The van der Waals surface area contributed by atoms with Crippen molar-refractivity contribution in [2.24, 2.45) is 5.92 Å². The summed E-state index contributed by atoms with van der Waals surface area (Å²) in [4.78, 5) is 0. The van der Waals surface area contributed by atoms with E-state index in [-0.39, 0.29) is 1.43 Å². The second-order valence-electron chi connectivity index (χ2n) is 3.90. The Kier molecular flexibility index (Phi) is 7.51. The van der Waals surface area contributed by atoms with E-state index >= 15 is 0 Å². The lowest BCUT2D eigenvalue weighted by atomic mass is 10.1. The summed E-state index contributed by atoms with van der Waals surface area (Å²) < 4.78 is 5.43. The minimum absolute atomic E-state index is 0. The van der Waals surface area contributed by atoms with Gasteiger partial charge in [0.05, 0.1) is 6.61 Å². The van der Waals surface area contributed by atoms with E-state index in [1.54, 1.807) is 0 Å². The molecule has 0 aliphatic carbocycles. The van der Waals surface area contributed by atoms with Gasteiger partial charge in [-0.1, -0.05) is 27.7 Å². The van der Waals surface area contributed by atoms with Gasteiger partial charge in [-0.15, -0.1) is 0 Å². The van der Waals surface area contributed by atoms with Crippen molar-refractivity contribution in [2.75, 3.05) is 19.8 Å². The smallest absolute Gasteiger partial charge is 0.0590 e. The van der Waals surface area contributed by atoms with Gasteiger partial charge in [-0.2, -0.15) is 0 Å². The van der Waals surface area contributed by atoms with Crippen molar-refractivity contribution in [2.45, 2.75) is 40.2 Å². The normalized spacial score (nSPS) is 11.5. The first-order valence-corrected chi connectivity index (χ1v) is 4.94. The Morgan fingerprint density at radius 3 is 2.33 bits per heavy atom. The molecule has 2 heteroatoms. The van der Waals surface area contributed by atoms with Crippen molar-refractivity contribution in [1.29, 1.82) is 0 Å². The first-order chi connectivity index (χ1) is 5.63. The van der Waals surface area contributed by atoms with Crippen LogP contribution in [0.1, 0.15) is 35.5 Å². The molecule has 0 unspecified atom stereocenters. The van der Waals surface area contributed by atoms with E-state index < -0.39 is 0 Å². The highest BCUT2D eigenvalue weighted by Crippen LogP contribution is 1.98. The molecule has 0 rings (SSSR count). The summed E-state index contributed by atoms with van der Waals surface area (Å²) in [6, 6.07) is 0.568. The van der Waals surface area contributed by atoms with Crippen molar-refractivity contribution >= 4 is 0 Å². The number of rotatable bonds is 7. The summed E-state index contributed by atoms with van der Waals surface area (Å²) in [5, 5.41) is 3.31. The molecule has 0 aromatic carbocycles. The first kappa shape index (κ1) is 11.9. The first-order valence-electron chi connectivity index (χ1n) is 4.94. The van der Waals surface area contributed by atoms with Crippen LogP contribution in [-0.4, -0.2) is 25.8 Å². The maximum absolute atomic E-state index is 5.43. The Morgan fingerprint density at radius 1 is 1.17 bits per heavy atom. The predicted molar refractivity (Wildman–Crippen MR) is 55.5 cm³/mol. The van der Waals surface area contributed by atoms with Crippen molar-refractivity contribution in [1.82, 2.24) is 5.32 Å². The summed E-state index contributed by atoms with van der Waals surface area (Å²) in [6.07, 6.45) is 1.17. The molecule has 76 valence electrons. The molecule has 0 saturated heterocycles. The molecule has 0 aromatic rings. The van der Waals surface area contributed by atoms with Crippen LogP contribution in [0, 0.1) is 5.92 Å². The van der Waals surface area contributed by atoms with Gasteiger partial charge in [0.2, 0.25) is 0 Å². The van der Waals surface area contributed by atoms with Crippen molar-refractivity contribution in [3.8, 4) is 0 Å². The molecule has 2 nitrogen and oxygen atoms in total. The standard InChI is InChI=1S/C10H23NO.H2/c1-9(2)5-7-12-8-6-11-10(3)4;/h9-11H,5-8H2,1-4H3;1H. The van der Waals surface area contributed by atoms with Crippen molar-refractivity contribution in [3.05, 3.63) is 0 Å². The molecule has 0 aliphatic rings. The van der Waals surface area contributed by atoms with E-state index in [0.29, 0.717) is 6.04 Å². The minimum atomic E-state index is 0. The van der Waals surface area contributed by atoms with E-state index in [4.69, 9.17) is 4.74 Å². The second-order valence-corrected chi connectivity index (χ2v) is 3.90. The van der Waals surface area contributed by atoms with Crippen LogP contribution in [-0.2, 0) is 4.74 Å². The van der Waals surface area contributed by atoms with Crippen LogP contribution in [0.25, 0.3) is 0 Å². The van der Waals surface area contributed by atoms with Gasteiger partial charge in [0, 0.05) is 20.6 Å². The Morgan fingerprint density at radius 2 is 1.83 bits per heavy atom. The lowest BCUT2D eigenvalue weighted by molar-refractivity contribution is 0.124. The molecule has 0 heterocycles. The number of hydrogen-bond acceptors (Lipinski definition) is 2. The molecular formula is C10H25NO. The lowest BCUT2D eigenvalue weighted by Gasteiger charge is -2.09. The number of nitrogens with one attached hydrogen (secondary N) is 1. The molecular weight excluding hydrogens is 150 g/mol. The largest absolute Gasteiger partial charge is 0.380 e. The highest BCUT2D eigenvalue weighted by atomic mass is 16.5. The molecule has 0 radical (unpaired) electrons. The molecule has 0 atom stereocenters. The molecule has 1 N–H and O–H groups in total. The fourth-order valence-corrected chi connectivity index (χ4v) is 0.841. The average molecular weight is 175 g/mol. The van der Waals surface area contributed by atoms with Crippen LogP contribution >= 0.6 is 0 Å². The maximum atomic E-state index is 5.43. The van der Waals surface area contributed by atoms with E-state index in [1.165, 1.54) is 6.42 Å². The fourth-order valence-electron chi connectivity index (χ4n) is 0.841. The van der Waals surface area contributed by atoms with Gasteiger partial charge < -0.3 is 10.1 Å². The summed E-state index contributed by atoms with van der Waals surface area (Å²) in [7, 11) is 0. The Balaban J connectivity index is 0. The highest BCUT2D eigenvalue weighted by molar-refractivity contribution is 4.51. The SMILES string of the molecule is CC(C)CCOCCNC(C)C.[HH]. The van der Waals surface area contributed by atoms with Gasteiger partial charge in [0.25, 0.3) is 0 Å². The zero-order valence-corrected chi connectivity index (χ0v) is 8.89. The quantitative estimate of drug-likeness (QED) is 0.599. The molecule has 0 saturated carbocycles. The Bertz CT molecular complexity index is 84.9. The van der Waals surface area contributed by atoms with Gasteiger partial charge in [-0.3, -0.25) is 0 Å². The van der Waals surface area contributed by atoms with Crippen LogP contribution in [0.15, 0.2) is 0 Å². The summed E-state index contributed by atoms with van der Waals surface area (Å²) in [6.45, 7) is 11.4. The molecule has 0 fully saturated rings. The molecule has 0 aliphatic heterocycles. The molecule has 0 bridgehead atoms. The molecule has 0 spiro atoms. The second kappa shape index (κ2) is 7.56. The van der Waals surface area contributed by atoms with E-state index in [1.807, 2.05) is 0 Å². The lowest BCUT2D eigenvalue weighted by Crippen LogP contribution is -2.26. The van der Waals surface area contributed by atoms with Gasteiger partial charge in [-0.05, 0) is 12.3 Å². The van der Waals surface area contributed by atoms with E-state index in [0.717, 1.165) is 25.7 Å². The van der Waals surface area contributed by atoms with Crippen LogP contribution < -0.4 is 5.32 Å². The summed E-state index contributed by atoms with van der Waals surface area (Å²) >= 11 is 0. The predicted octanol–water partition coefficient (Wildman–Crippen LogP) is 2.29. The highest BCUT2D eigenvalue weighted by Gasteiger charge is 1.94. The Labute approximate surface area is 78.2 Å². The number of hydrogen-bond donors (Lipinski definition) is 1. The fraction of sp³-hybridized carbons (Fsp3) is 1.00. The van der Waals surface area contributed by atoms with Crippen LogP contribution in [0.4, 0.5) is 0 Å². The zero-order valence-electron chi connectivity index (χ0n) is 8.89. The summed E-state index contributed by atoms with van der Waals surface area (Å²) in [5.74, 6) is 0.753. The van der Waals surface area contributed by atoms with Gasteiger partial charge in [-0.25, -0.2) is 0 Å². The van der Waals surface area contributed by atoms with Crippen LogP contribution in [0.2, 0.25) is 0 Å². The van der Waals surface area contributed by atoms with Crippen molar-refractivity contribution in [3.63, 3.8) is 0 Å². The Hall–Kier alpha value is -0.0800. The van der Waals surface area contributed by atoms with Gasteiger partial charge >= 0.3 is 0 Å². The molecule has 12 heavy (non-hydrogen) atoms. The van der Waals surface area contributed by atoms with Crippen molar-refractivity contribution < 1.29 is 6.16 Å². The maximum Gasteiger partial charge on any atom is 0.0590 e. The third kappa shape index (κ3) is 9.92. The van der Waals surface area contributed by atoms with Crippen LogP contribution in [0.5, 0.6) is 0 Å². The zero-order chi connectivity index (χ0) is 9.40. The monoisotopic (exact) mass is 175 g/mol. The topological polar surface area (TPSA) is 21.3 Å². The van der Waals surface area contributed by atoms with Gasteiger partial charge in [0.1, 0.15) is 0 Å². The van der Waals surface area contributed by atoms with E-state index in [2.05, 4.69) is 33.0 Å². The van der Waals surface area contributed by atoms with E-state index in [9.17, 15) is 0 Å².